The number of fused-ring (bicyclic) bond motifs is 1. The molecule has 0 aliphatic carbocycles. The van der Waals surface area contributed by atoms with E-state index >= 15 is 0 Å². The first-order chi connectivity index (χ1) is 14.9. The van der Waals surface area contributed by atoms with Crippen molar-refractivity contribution in [2.45, 2.75) is 19.1 Å². The molecule has 1 aliphatic heterocycles. The van der Waals surface area contributed by atoms with Crippen molar-refractivity contribution in [1.29, 1.82) is 0 Å². The van der Waals surface area contributed by atoms with Gasteiger partial charge in [-0.25, -0.2) is 14.4 Å². The van der Waals surface area contributed by atoms with Gasteiger partial charge in [-0.2, -0.15) is 0 Å². The Kier molecular flexibility index (Phi) is 6.12. The largest absolute Gasteiger partial charge is 0.481 e. The highest BCUT2D eigenvalue weighted by Crippen LogP contribution is 2.35. The van der Waals surface area contributed by atoms with Gasteiger partial charge in [-0.3, -0.25) is 10.1 Å². The van der Waals surface area contributed by atoms with Crippen LogP contribution < -0.4 is 15.4 Å². The third-order valence-electron chi connectivity index (χ3n) is 4.89. The second-order valence-corrected chi connectivity index (χ2v) is 7.41. The molecule has 1 saturated heterocycles. The molecule has 3 aromatic rings. The minimum atomic E-state index is -0.552. The highest BCUT2D eigenvalue weighted by atomic mass is 35.5. The molecule has 2 atom stereocenters. The van der Waals surface area contributed by atoms with Crippen LogP contribution in [0.5, 0.6) is 5.75 Å². The van der Waals surface area contributed by atoms with Crippen LogP contribution in [0, 0.1) is 15.9 Å². The van der Waals surface area contributed by atoms with Gasteiger partial charge in [0.1, 0.15) is 30.2 Å². The summed E-state index contributed by atoms with van der Waals surface area (Å²) >= 11 is 5.83. The topological polar surface area (TPSA) is 111 Å². The molecular weight excluding hydrogens is 429 g/mol. The molecule has 0 radical (unpaired) electrons. The number of rotatable bonds is 6. The summed E-state index contributed by atoms with van der Waals surface area (Å²) < 4.78 is 25.0. The summed E-state index contributed by atoms with van der Waals surface area (Å²) in [4.78, 5) is 19.6. The molecular formula is C20H19ClFN5O4. The lowest BCUT2D eigenvalue weighted by atomic mass is 10.1. The maximum atomic E-state index is 13.4. The third-order valence-corrected chi connectivity index (χ3v) is 5.18. The van der Waals surface area contributed by atoms with E-state index in [4.69, 9.17) is 21.1 Å². The molecule has 0 spiro atoms. The van der Waals surface area contributed by atoms with Gasteiger partial charge >= 0.3 is 5.69 Å². The second-order valence-electron chi connectivity index (χ2n) is 7.01. The summed E-state index contributed by atoms with van der Waals surface area (Å²) in [5, 5.41) is 18.3. The van der Waals surface area contributed by atoms with E-state index in [1.807, 2.05) is 0 Å². The van der Waals surface area contributed by atoms with E-state index in [1.54, 1.807) is 6.92 Å². The van der Waals surface area contributed by atoms with Gasteiger partial charge in [-0.1, -0.05) is 11.6 Å². The fraction of sp³-hybridized carbons (Fsp3) is 0.300. The number of anilines is 2. The normalized spacial score (nSPS) is 17.3. The van der Waals surface area contributed by atoms with E-state index < -0.39 is 16.8 Å². The fourth-order valence-corrected chi connectivity index (χ4v) is 3.46. The highest BCUT2D eigenvalue weighted by molar-refractivity contribution is 6.31. The van der Waals surface area contributed by atoms with Gasteiger partial charge in [0.25, 0.3) is 0 Å². The van der Waals surface area contributed by atoms with Gasteiger partial charge in [0.05, 0.1) is 27.5 Å². The summed E-state index contributed by atoms with van der Waals surface area (Å²) in [5.41, 5.74) is 0.698. The number of aromatic nitrogens is 2. The quantitative estimate of drug-likeness (QED) is 0.433. The maximum absolute atomic E-state index is 13.4. The lowest BCUT2D eigenvalue weighted by Crippen LogP contribution is -2.46. The van der Waals surface area contributed by atoms with Crippen molar-refractivity contribution in [3.63, 3.8) is 0 Å². The van der Waals surface area contributed by atoms with Crippen LogP contribution in [0.2, 0.25) is 5.02 Å². The summed E-state index contributed by atoms with van der Waals surface area (Å²) in [6, 6.07) is 6.96. The van der Waals surface area contributed by atoms with Crippen LogP contribution in [0.3, 0.4) is 0 Å². The van der Waals surface area contributed by atoms with Gasteiger partial charge in [0, 0.05) is 30.9 Å². The number of nitro benzene ring substituents is 1. The maximum Gasteiger partial charge on any atom is 0.311 e. The van der Waals surface area contributed by atoms with Gasteiger partial charge < -0.3 is 20.1 Å². The molecule has 162 valence electrons. The van der Waals surface area contributed by atoms with Gasteiger partial charge in [0.15, 0.2) is 5.75 Å². The Morgan fingerprint density at radius 1 is 1.39 bits per heavy atom. The minimum absolute atomic E-state index is 0.0570. The van der Waals surface area contributed by atoms with Crippen LogP contribution in [-0.2, 0) is 4.74 Å². The number of hydrogen-bond donors (Lipinski definition) is 2. The van der Waals surface area contributed by atoms with Crippen LogP contribution in [0.15, 0.2) is 36.7 Å². The average Bonchev–Trinajstić information content (AvgIpc) is 2.76. The molecule has 1 aliphatic rings. The Hall–Kier alpha value is -3.08. The molecule has 0 amide bonds. The number of benzene rings is 2. The molecule has 4 rings (SSSR count). The number of halogens is 2. The first-order valence-electron chi connectivity index (χ1n) is 9.56. The number of hydrogen-bond acceptors (Lipinski definition) is 8. The highest BCUT2D eigenvalue weighted by Gasteiger charge is 2.26. The zero-order valence-electron chi connectivity index (χ0n) is 16.5. The van der Waals surface area contributed by atoms with E-state index in [1.165, 1.54) is 36.7 Å². The number of ether oxygens (including phenoxy) is 2. The summed E-state index contributed by atoms with van der Waals surface area (Å²) in [5.74, 6) is -0.146. The molecule has 2 N–H and O–H groups in total. The smallest absolute Gasteiger partial charge is 0.311 e. The Morgan fingerprint density at radius 3 is 2.94 bits per heavy atom. The molecule has 31 heavy (non-hydrogen) atoms. The van der Waals surface area contributed by atoms with Crippen molar-refractivity contribution >= 4 is 39.7 Å². The van der Waals surface area contributed by atoms with E-state index in [2.05, 4.69) is 20.6 Å². The van der Waals surface area contributed by atoms with Crippen molar-refractivity contribution in [3.05, 3.63) is 57.6 Å². The molecule has 9 nitrogen and oxygen atoms in total. The first kappa shape index (κ1) is 21.2. The van der Waals surface area contributed by atoms with E-state index in [-0.39, 0.29) is 22.6 Å². The van der Waals surface area contributed by atoms with Crippen LogP contribution in [0.25, 0.3) is 10.9 Å². The van der Waals surface area contributed by atoms with Crippen molar-refractivity contribution in [3.8, 4) is 5.75 Å². The number of nitro groups is 1. The SMILES string of the molecule is CC(Oc1cc2ncnc(Nc3ccc(F)c(Cl)c3)c2cc1[N+](=O)[O-])C1CNCCO1. The number of nitrogens with zero attached hydrogens (tertiary/aromatic N) is 3. The first-order valence-corrected chi connectivity index (χ1v) is 9.94. The summed E-state index contributed by atoms with van der Waals surface area (Å²) in [6.45, 7) is 3.70. The molecule has 2 aromatic carbocycles. The lowest BCUT2D eigenvalue weighted by molar-refractivity contribution is -0.386. The summed E-state index contributed by atoms with van der Waals surface area (Å²) in [7, 11) is 0. The van der Waals surface area contributed by atoms with Crippen LogP contribution in [0.4, 0.5) is 21.6 Å². The lowest BCUT2D eigenvalue weighted by Gasteiger charge is -2.29. The molecule has 2 heterocycles. The predicted octanol–water partition coefficient (Wildman–Crippen LogP) is 3.83. The van der Waals surface area contributed by atoms with Gasteiger partial charge in [-0.15, -0.1) is 0 Å². The molecule has 1 fully saturated rings. The van der Waals surface area contributed by atoms with Crippen LogP contribution >= 0.6 is 11.6 Å². The van der Waals surface area contributed by atoms with E-state index in [0.717, 1.165) is 6.54 Å². The predicted molar refractivity (Wildman–Crippen MR) is 114 cm³/mol. The Bertz CT molecular complexity index is 1130. The monoisotopic (exact) mass is 447 g/mol. The number of nitrogens with one attached hydrogen (secondary N) is 2. The standard InChI is InChI=1S/C20H19ClFN5O4/c1-11(19-9-23-4-5-30-19)31-18-8-16-13(7-17(18)27(28)29)20(25-10-24-16)26-12-2-3-15(22)14(21)6-12/h2-3,6-8,10-11,19,23H,4-5,9H2,1H3,(H,24,25,26). The molecule has 11 heteroatoms. The van der Waals surface area contributed by atoms with Crippen molar-refractivity contribution < 1.29 is 18.8 Å². The number of morpholine rings is 1. The van der Waals surface area contributed by atoms with E-state index in [0.29, 0.717) is 35.6 Å². The zero-order valence-corrected chi connectivity index (χ0v) is 17.2. The molecule has 0 saturated carbocycles. The summed E-state index contributed by atoms with van der Waals surface area (Å²) in [6.07, 6.45) is 0.683. The third kappa shape index (κ3) is 4.66. The molecule has 0 bridgehead atoms. The average molecular weight is 448 g/mol. The Balaban J connectivity index is 1.68. The second kappa shape index (κ2) is 8.96. The van der Waals surface area contributed by atoms with Gasteiger partial charge in [-0.05, 0) is 25.1 Å². The van der Waals surface area contributed by atoms with Crippen LogP contribution in [-0.4, -0.2) is 46.8 Å². The van der Waals surface area contributed by atoms with Crippen molar-refractivity contribution in [2.75, 3.05) is 25.0 Å². The minimum Gasteiger partial charge on any atom is -0.481 e. The van der Waals surface area contributed by atoms with Crippen LogP contribution in [0.1, 0.15) is 6.92 Å². The van der Waals surface area contributed by atoms with E-state index in [9.17, 15) is 14.5 Å². The van der Waals surface area contributed by atoms with Crippen molar-refractivity contribution in [1.82, 2.24) is 15.3 Å². The Labute approximate surface area is 181 Å². The molecule has 2 unspecified atom stereocenters. The van der Waals surface area contributed by atoms with Gasteiger partial charge in [0.2, 0.25) is 0 Å². The zero-order chi connectivity index (χ0) is 22.0. The van der Waals surface area contributed by atoms with Crippen molar-refractivity contribution in [2.24, 2.45) is 0 Å². The molecule has 1 aromatic heterocycles. The Morgan fingerprint density at radius 2 is 2.23 bits per heavy atom. The fourth-order valence-electron chi connectivity index (χ4n) is 3.28.